The minimum atomic E-state index is -0.0803. The number of furan rings is 1. The second-order valence-electron chi connectivity index (χ2n) is 7.40. The van der Waals surface area contributed by atoms with Crippen molar-refractivity contribution in [1.29, 1.82) is 5.41 Å². The molecule has 2 aromatic heterocycles. The van der Waals surface area contributed by atoms with Gasteiger partial charge in [-0.15, -0.1) is 0 Å². The first kappa shape index (κ1) is 17.1. The quantitative estimate of drug-likeness (QED) is 0.656. The number of benzene rings is 1. The standard InChI is InChI=1S/C22H21N3O3/c23-18-4-1-14-11-15(2-3-16(14)18)25-20-17-5-8-24-12-19(17)28-22(20)21(26)13-6-9-27-10-7-13/h2-3,5,8,11-13,23,25H,1,4,6-7,9-10H2. The van der Waals surface area contributed by atoms with E-state index in [1.807, 2.05) is 18.2 Å². The first-order valence-corrected chi connectivity index (χ1v) is 9.67. The highest BCUT2D eigenvalue weighted by atomic mass is 16.5. The number of hydrogen-bond donors (Lipinski definition) is 2. The normalized spacial score (nSPS) is 17.1. The summed E-state index contributed by atoms with van der Waals surface area (Å²) in [6.45, 7) is 1.22. The predicted molar refractivity (Wildman–Crippen MR) is 107 cm³/mol. The number of fused-ring (bicyclic) bond motifs is 2. The molecule has 3 heterocycles. The zero-order valence-corrected chi connectivity index (χ0v) is 15.5. The van der Waals surface area contributed by atoms with Crippen LogP contribution in [-0.2, 0) is 11.2 Å². The minimum absolute atomic E-state index is 0.0185. The number of hydrogen-bond acceptors (Lipinski definition) is 6. The van der Waals surface area contributed by atoms with E-state index in [0.29, 0.717) is 48.8 Å². The highest BCUT2D eigenvalue weighted by Crippen LogP contribution is 2.36. The summed E-state index contributed by atoms with van der Waals surface area (Å²) in [5.41, 5.74) is 5.07. The molecule has 142 valence electrons. The number of aryl methyl sites for hydroxylation is 1. The van der Waals surface area contributed by atoms with Crippen LogP contribution in [-0.4, -0.2) is 29.7 Å². The Morgan fingerprint density at radius 2 is 2.04 bits per heavy atom. The average Bonchev–Trinajstić information content (AvgIpc) is 3.29. The highest BCUT2D eigenvalue weighted by Gasteiger charge is 2.29. The Morgan fingerprint density at radius 3 is 2.89 bits per heavy atom. The molecule has 2 N–H and O–H groups in total. The van der Waals surface area contributed by atoms with Gasteiger partial charge in [0.05, 0.1) is 11.9 Å². The van der Waals surface area contributed by atoms with Crippen molar-refractivity contribution in [2.24, 2.45) is 5.92 Å². The fourth-order valence-corrected chi connectivity index (χ4v) is 4.11. The lowest BCUT2D eigenvalue weighted by atomic mass is 9.93. The van der Waals surface area contributed by atoms with Crippen molar-refractivity contribution < 1.29 is 13.9 Å². The topological polar surface area (TPSA) is 88.2 Å². The molecule has 1 aromatic carbocycles. The van der Waals surface area contributed by atoms with Crippen molar-refractivity contribution in [2.75, 3.05) is 18.5 Å². The molecule has 0 saturated carbocycles. The molecule has 1 aliphatic heterocycles. The van der Waals surface area contributed by atoms with Gasteiger partial charge in [0.15, 0.2) is 11.3 Å². The lowest BCUT2D eigenvalue weighted by Gasteiger charge is -2.20. The van der Waals surface area contributed by atoms with Gasteiger partial charge >= 0.3 is 0 Å². The smallest absolute Gasteiger partial charge is 0.203 e. The van der Waals surface area contributed by atoms with Crippen LogP contribution in [0.3, 0.4) is 0 Å². The Hall–Kier alpha value is -2.99. The Morgan fingerprint density at radius 1 is 1.18 bits per heavy atom. The van der Waals surface area contributed by atoms with Crippen molar-refractivity contribution in [3.8, 4) is 0 Å². The summed E-state index contributed by atoms with van der Waals surface area (Å²) in [6.07, 6.45) is 6.45. The van der Waals surface area contributed by atoms with Crippen LogP contribution in [0.5, 0.6) is 0 Å². The highest BCUT2D eigenvalue weighted by molar-refractivity contribution is 6.09. The number of nitrogens with one attached hydrogen (secondary N) is 2. The monoisotopic (exact) mass is 375 g/mol. The van der Waals surface area contributed by atoms with Gasteiger partial charge in [-0.05, 0) is 55.0 Å². The Kier molecular flexibility index (Phi) is 4.20. The zero-order chi connectivity index (χ0) is 19.1. The van der Waals surface area contributed by atoms with E-state index >= 15 is 0 Å². The first-order chi connectivity index (χ1) is 13.7. The minimum Gasteiger partial charge on any atom is -0.449 e. The van der Waals surface area contributed by atoms with Gasteiger partial charge in [0.2, 0.25) is 5.78 Å². The van der Waals surface area contributed by atoms with Crippen LogP contribution in [0.2, 0.25) is 0 Å². The van der Waals surface area contributed by atoms with Gasteiger partial charge in [-0.2, -0.15) is 0 Å². The molecule has 6 nitrogen and oxygen atoms in total. The maximum absolute atomic E-state index is 13.2. The first-order valence-electron chi connectivity index (χ1n) is 9.67. The number of carbonyl (C=O) groups excluding carboxylic acids is 1. The Balaban J connectivity index is 1.54. The average molecular weight is 375 g/mol. The molecule has 1 saturated heterocycles. The maximum Gasteiger partial charge on any atom is 0.203 e. The summed E-state index contributed by atoms with van der Waals surface area (Å²) in [5.74, 6) is 0.302. The van der Waals surface area contributed by atoms with Crippen LogP contribution in [0.15, 0.2) is 41.1 Å². The number of Topliss-reactive ketones (excluding diaryl/α,β-unsaturated/α-hetero) is 1. The van der Waals surface area contributed by atoms with E-state index in [4.69, 9.17) is 14.6 Å². The number of anilines is 2. The summed E-state index contributed by atoms with van der Waals surface area (Å²) in [5, 5.41) is 12.3. The molecule has 28 heavy (non-hydrogen) atoms. The third-order valence-electron chi connectivity index (χ3n) is 5.65. The summed E-state index contributed by atoms with van der Waals surface area (Å²) < 4.78 is 11.3. The molecule has 1 aliphatic carbocycles. The second kappa shape index (κ2) is 6.87. The SMILES string of the molecule is N=C1CCc2cc(Nc3c(C(=O)C4CCOCC4)oc4cnccc34)ccc21. The number of rotatable bonds is 4. The van der Waals surface area contributed by atoms with Gasteiger partial charge in [0.25, 0.3) is 0 Å². The largest absolute Gasteiger partial charge is 0.449 e. The molecule has 0 atom stereocenters. The molecule has 3 aromatic rings. The molecular formula is C22H21N3O3. The summed E-state index contributed by atoms with van der Waals surface area (Å²) >= 11 is 0. The number of ether oxygens (including phenoxy) is 1. The molecule has 0 amide bonds. The van der Waals surface area contributed by atoms with Gasteiger partial charge in [0.1, 0.15) is 0 Å². The molecule has 2 aliphatic rings. The Labute approximate surface area is 162 Å². The molecular weight excluding hydrogens is 354 g/mol. The Bertz CT molecular complexity index is 1080. The summed E-state index contributed by atoms with van der Waals surface area (Å²) in [6, 6.07) is 7.88. The van der Waals surface area contributed by atoms with Crippen LogP contribution < -0.4 is 5.32 Å². The van der Waals surface area contributed by atoms with E-state index in [2.05, 4.69) is 16.4 Å². The molecule has 0 radical (unpaired) electrons. The fourth-order valence-electron chi connectivity index (χ4n) is 4.11. The van der Waals surface area contributed by atoms with Crippen molar-refractivity contribution >= 4 is 33.8 Å². The van der Waals surface area contributed by atoms with Crippen LogP contribution in [0, 0.1) is 11.3 Å². The lowest BCUT2D eigenvalue weighted by molar-refractivity contribution is 0.0529. The lowest BCUT2D eigenvalue weighted by Crippen LogP contribution is -2.23. The number of pyridine rings is 1. The van der Waals surface area contributed by atoms with E-state index in [9.17, 15) is 4.79 Å². The molecule has 6 heteroatoms. The number of nitrogens with zero attached hydrogens (tertiary/aromatic N) is 1. The second-order valence-corrected chi connectivity index (χ2v) is 7.40. The van der Waals surface area contributed by atoms with E-state index in [-0.39, 0.29) is 11.7 Å². The number of aromatic nitrogens is 1. The maximum atomic E-state index is 13.2. The predicted octanol–water partition coefficient (Wildman–Crippen LogP) is 4.49. The van der Waals surface area contributed by atoms with Crippen molar-refractivity contribution in [1.82, 2.24) is 4.98 Å². The van der Waals surface area contributed by atoms with Gasteiger partial charge in [0, 0.05) is 42.1 Å². The molecule has 1 fully saturated rings. The van der Waals surface area contributed by atoms with Crippen LogP contribution in [0.4, 0.5) is 11.4 Å². The van der Waals surface area contributed by atoms with Crippen LogP contribution in [0.25, 0.3) is 11.0 Å². The van der Waals surface area contributed by atoms with E-state index < -0.39 is 0 Å². The third kappa shape index (κ3) is 2.90. The van der Waals surface area contributed by atoms with E-state index in [1.165, 1.54) is 5.56 Å². The third-order valence-corrected chi connectivity index (χ3v) is 5.65. The van der Waals surface area contributed by atoms with Crippen molar-refractivity contribution in [2.45, 2.75) is 25.7 Å². The van der Waals surface area contributed by atoms with Crippen molar-refractivity contribution in [3.05, 3.63) is 53.5 Å². The number of ketones is 1. The van der Waals surface area contributed by atoms with Gasteiger partial charge in [-0.3, -0.25) is 9.78 Å². The summed E-state index contributed by atoms with van der Waals surface area (Å²) in [7, 11) is 0. The van der Waals surface area contributed by atoms with E-state index in [0.717, 1.165) is 29.5 Å². The van der Waals surface area contributed by atoms with E-state index in [1.54, 1.807) is 12.4 Å². The number of carbonyl (C=O) groups is 1. The zero-order valence-electron chi connectivity index (χ0n) is 15.5. The molecule has 0 spiro atoms. The van der Waals surface area contributed by atoms with Gasteiger partial charge in [-0.1, -0.05) is 6.07 Å². The molecule has 0 bridgehead atoms. The molecule has 5 rings (SSSR count). The molecule has 0 unspecified atom stereocenters. The van der Waals surface area contributed by atoms with Gasteiger partial charge in [-0.25, -0.2) is 0 Å². The van der Waals surface area contributed by atoms with Crippen molar-refractivity contribution in [3.63, 3.8) is 0 Å². The van der Waals surface area contributed by atoms with Gasteiger partial charge < -0.3 is 19.9 Å². The summed E-state index contributed by atoms with van der Waals surface area (Å²) in [4.78, 5) is 17.3. The fraction of sp³-hybridized carbons (Fsp3) is 0.318. The van der Waals surface area contributed by atoms with Crippen LogP contribution in [0.1, 0.15) is 40.9 Å². The van der Waals surface area contributed by atoms with Crippen LogP contribution >= 0.6 is 0 Å².